The van der Waals surface area contributed by atoms with Crippen LogP contribution in [0.5, 0.6) is 0 Å². The summed E-state index contributed by atoms with van der Waals surface area (Å²) in [5.41, 5.74) is 4.20. The van der Waals surface area contributed by atoms with Gasteiger partial charge in [0.15, 0.2) is 0 Å². The Bertz CT molecular complexity index is 904. The topological polar surface area (TPSA) is 91.8 Å². The standard InChI is InChI=1S/C22H29N3O4S/c1-13(15-6-8-16(9-7-15)19-14(2)23-12-30-19)24-20(27)18-10-17(26)11-25(18)21(28)29-22(3,4)5/h6-9,12-13,17-18,26H,10-11H2,1-5H3,(H,24,27)/t13-,17+,18-/m0/s1. The number of nitrogens with one attached hydrogen (secondary N) is 1. The maximum Gasteiger partial charge on any atom is 0.411 e. The molecule has 0 spiro atoms. The van der Waals surface area contributed by atoms with E-state index in [9.17, 15) is 14.7 Å². The molecule has 2 amide bonds. The van der Waals surface area contributed by atoms with Crippen LogP contribution in [-0.2, 0) is 9.53 Å². The zero-order valence-electron chi connectivity index (χ0n) is 18.0. The van der Waals surface area contributed by atoms with Crippen molar-refractivity contribution in [1.82, 2.24) is 15.2 Å². The van der Waals surface area contributed by atoms with Crippen molar-refractivity contribution < 1.29 is 19.4 Å². The molecule has 8 heteroatoms. The minimum absolute atomic E-state index is 0.0876. The third kappa shape index (κ3) is 5.17. The lowest BCUT2D eigenvalue weighted by Gasteiger charge is -2.28. The van der Waals surface area contributed by atoms with Crippen molar-refractivity contribution in [3.8, 4) is 10.4 Å². The number of rotatable bonds is 4. The third-order valence-corrected chi connectivity index (χ3v) is 5.96. The van der Waals surface area contributed by atoms with Gasteiger partial charge in [0, 0.05) is 6.42 Å². The highest BCUT2D eigenvalue weighted by molar-refractivity contribution is 7.13. The molecule has 3 atom stereocenters. The van der Waals surface area contributed by atoms with Crippen molar-refractivity contribution in [2.24, 2.45) is 0 Å². The lowest BCUT2D eigenvalue weighted by molar-refractivity contribution is -0.126. The van der Waals surface area contributed by atoms with Gasteiger partial charge < -0.3 is 15.2 Å². The van der Waals surface area contributed by atoms with Crippen LogP contribution in [0.2, 0.25) is 0 Å². The summed E-state index contributed by atoms with van der Waals surface area (Å²) in [6.45, 7) is 9.28. The molecule has 0 aliphatic carbocycles. The van der Waals surface area contributed by atoms with Crippen molar-refractivity contribution in [3.05, 3.63) is 41.0 Å². The Morgan fingerprint density at radius 2 is 1.97 bits per heavy atom. The fourth-order valence-corrected chi connectivity index (χ4v) is 4.29. The summed E-state index contributed by atoms with van der Waals surface area (Å²) in [5, 5.41) is 13.0. The number of likely N-dealkylation sites (tertiary alicyclic amines) is 1. The number of β-amino-alcohol motifs (C(OH)–C–C–N with tert-alkyl or cyclic N) is 1. The number of hydrogen-bond donors (Lipinski definition) is 2. The fourth-order valence-electron chi connectivity index (χ4n) is 3.48. The van der Waals surface area contributed by atoms with E-state index in [-0.39, 0.29) is 24.9 Å². The number of amides is 2. The summed E-state index contributed by atoms with van der Waals surface area (Å²) in [5.74, 6) is -0.299. The first-order valence-electron chi connectivity index (χ1n) is 10.0. The molecule has 1 aromatic heterocycles. The van der Waals surface area contributed by atoms with Gasteiger partial charge in [-0.25, -0.2) is 9.78 Å². The Morgan fingerprint density at radius 1 is 1.30 bits per heavy atom. The van der Waals surface area contributed by atoms with E-state index in [1.165, 1.54) is 4.90 Å². The molecule has 0 radical (unpaired) electrons. The Morgan fingerprint density at radius 3 is 2.53 bits per heavy atom. The summed E-state index contributed by atoms with van der Waals surface area (Å²) in [7, 11) is 0. The first-order valence-corrected chi connectivity index (χ1v) is 10.9. The molecule has 1 aromatic carbocycles. The molecule has 1 fully saturated rings. The molecular weight excluding hydrogens is 402 g/mol. The lowest BCUT2D eigenvalue weighted by Crippen LogP contribution is -2.48. The highest BCUT2D eigenvalue weighted by Crippen LogP contribution is 2.28. The zero-order chi connectivity index (χ0) is 22.1. The van der Waals surface area contributed by atoms with Gasteiger partial charge in [-0.15, -0.1) is 11.3 Å². The number of carbonyl (C=O) groups excluding carboxylic acids is 2. The van der Waals surface area contributed by atoms with Crippen molar-refractivity contribution in [1.29, 1.82) is 0 Å². The van der Waals surface area contributed by atoms with E-state index in [1.807, 2.05) is 43.6 Å². The van der Waals surface area contributed by atoms with Gasteiger partial charge in [-0.3, -0.25) is 9.69 Å². The summed E-state index contributed by atoms with van der Waals surface area (Å²) < 4.78 is 5.39. The average Bonchev–Trinajstić information content (AvgIpc) is 3.26. The number of aliphatic hydroxyl groups is 1. The van der Waals surface area contributed by atoms with Crippen LogP contribution in [0.15, 0.2) is 29.8 Å². The first-order chi connectivity index (χ1) is 14.0. The number of carbonyl (C=O) groups is 2. The Hall–Kier alpha value is -2.45. The monoisotopic (exact) mass is 431 g/mol. The van der Waals surface area contributed by atoms with Gasteiger partial charge in [0.1, 0.15) is 11.6 Å². The van der Waals surface area contributed by atoms with Crippen LogP contribution < -0.4 is 5.32 Å². The number of aryl methyl sites for hydroxylation is 1. The summed E-state index contributed by atoms with van der Waals surface area (Å²) in [6, 6.07) is 7.00. The number of aromatic nitrogens is 1. The summed E-state index contributed by atoms with van der Waals surface area (Å²) in [4.78, 5) is 32.1. The second-order valence-corrected chi connectivity index (χ2v) is 9.51. The molecule has 2 N–H and O–H groups in total. The maximum atomic E-state index is 12.9. The van der Waals surface area contributed by atoms with E-state index in [4.69, 9.17) is 4.74 Å². The summed E-state index contributed by atoms with van der Waals surface area (Å²) in [6.07, 6.45) is -1.14. The van der Waals surface area contributed by atoms with E-state index in [2.05, 4.69) is 10.3 Å². The number of aliphatic hydroxyl groups excluding tert-OH is 1. The maximum absolute atomic E-state index is 12.9. The average molecular weight is 432 g/mol. The molecular formula is C22H29N3O4S. The Labute approximate surface area is 181 Å². The normalized spacial score (nSPS) is 20.1. The number of ether oxygens (including phenoxy) is 1. The van der Waals surface area contributed by atoms with Gasteiger partial charge in [0.25, 0.3) is 0 Å². The quantitative estimate of drug-likeness (QED) is 0.771. The van der Waals surface area contributed by atoms with Crippen molar-refractivity contribution in [2.75, 3.05) is 6.54 Å². The SMILES string of the molecule is Cc1ncsc1-c1ccc([C@H](C)NC(=O)[C@@H]2C[C@@H](O)CN2C(=O)OC(C)(C)C)cc1. The molecule has 30 heavy (non-hydrogen) atoms. The molecule has 3 rings (SSSR count). The van der Waals surface area contributed by atoms with Gasteiger partial charge in [-0.2, -0.15) is 0 Å². The first kappa shape index (κ1) is 22.2. The Kier molecular flexibility index (Phi) is 6.47. The second-order valence-electron chi connectivity index (χ2n) is 8.66. The van der Waals surface area contributed by atoms with Crippen LogP contribution in [0, 0.1) is 6.92 Å². The van der Waals surface area contributed by atoms with Gasteiger partial charge in [-0.05, 0) is 45.7 Å². The molecule has 162 valence electrons. The third-order valence-electron chi connectivity index (χ3n) is 4.99. The predicted octanol–water partition coefficient (Wildman–Crippen LogP) is 3.67. The molecule has 0 bridgehead atoms. The zero-order valence-corrected chi connectivity index (χ0v) is 18.8. The van der Waals surface area contributed by atoms with Crippen LogP contribution in [-0.4, -0.2) is 51.3 Å². The molecule has 0 saturated carbocycles. The Balaban J connectivity index is 1.66. The van der Waals surface area contributed by atoms with E-state index in [1.54, 1.807) is 32.1 Å². The lowest BCUT2D eigenvalue weighted by atomic mass is 10.0. The van der Waals surface area contributed by atoms with Crippen molar-refractivity contribution >= 4 is 23.3 Å². The number of nitrogens with zero attached hydrogens (tertiary/aromatic N) is 2. The minimum atomic E-state index is -0.753. The van der Waals surface area contributed by atoms with Crippen molar-refractivity contribution in [3.63, 3.8) is 0 Å². The molecule has 1 aliphatic rings. The van der Waals surface area contributed by atoms with Crippen LogP contribution in [0.3, 0.4) is 0 Å². The van der Waals surface area contributed by atoms with E-state index in [0.29, 0.717) is 0 Å². The van der Waals surface area contributed by atoms with E-state index < -0.39 is 23.8 Å². The largest absolute Gasteiger partial charge is 0.444 e. The van der Waals surface area contributed by atoms with Gasteiger partial charge >= 0.3 is 6.09 Å². The number of hydrogen-bond acceptors (Lipinski definition) is 6. The summed E-state index contributed by atoms with van der Waals surface area (Å²) >= 11 is 1.60. The van der Waals surface area contributed by atoms with Gasteiger partial charge in [0.2, 0.25) is 5.91 Å². The van der Waals surface area contributed by atoms with Crippen molar-refractivity contribution in [2.45, 2.75) is 64.8 Å². The highest BCUT2D eigenvalue weighted by atomic mass is 32.1. The fraction of sp³-hybridized carbons (Fsp3) is 0.500. The van der Waals surface area contributed by atoms with Gasteiger partial charge in [0.05, 0.1) is 34.8 Å². The molecule has 7 nitrogen and oxygen atoms in total. The van der Waals surface area contributed by atoms with Crippen LogP contribution >= 0.6 is 11.3 Å². The van der Waals surface area contributed by atoms with Gasteiger partial charge in [-0.1, -0.05) is 24.3 Å². The molecule has 1 aliphatic heterocycles. The molecule has 1 saturated heterocycles. The molecule has 2 aromatic rings. The molecule has 2 heterocycles. The second kappa shape index (κ2) is 8.73. The number of thiazole rings is 1. The molecule has 0 unspecified atom stereocenters. The smallest absolute Gasteiger partial charge is 0.411 e. The number of benzene rings is 1. The van der Waals surface area contributed by atoms with Crippen LogP contribution in [0.1, 0.15) is 51.4 Å². The van der Waals surface area contributed by atoms with Crippen LogP contribution in [0.25, 0.3) is 10.4 Å². The van der Waals surface area contributed by atoms with E-state index >= 15 is 0 Å². The predicted molar refractivity (Wildman–Crippen MR) is 116 cm³/mol. The highest BCUT2D eigenvalue weighted by Gasteiger charge is 2.41. The van der Waals surface area contributed by atoms with Crippen LogP contribution in [0.4, 0.5) is 4.79 Å². The van der Waals surface area contributed by atoms with E-state index in [0.717, 1.165) is 21.7 Å². The minimum Gasteiger partial charge on any atom is -0.444 e.